The highest BCUT2D eigenvalue weighted by molar-refractivity contribution is 5.95. The monoisotopic (exact) mass is 379 g/mol. The molecular weight excluding hydrogens is 350 g/mol. The number of benzene rings is 1. The van der Waals surface area contributed by atoms with Gasteiger partial charge >= 0.3 is 0 Å². The molecule has 2 aliphatic heterocycles. The second-order valence-corrected chi connectivity index (χ2v) is 7.81. The summed E-state index contributed by atoms with van der Waals surface area (Å²) in [5.41, 5.74) is 3.26. The maximum absolute atomic E-state index is 13.0. The normalized spacial score (nSPS) is 18.4. The Bertz CT molecular complexity index is 823. The van der Waals surface area contributed by atoms with Crippen molar-refractivity contribution >= 4 is 17.4 Å². The topological polar surface area (TPSA) is 42.9 Å². The summed E-state index contributed by atoms with van der Waals surface area (Å²) in [4.78, 5) is 26.5. The molecule has 2 fully saturated rings. The summed E-state index contributed by atoms with van der Waals surface area (Å²) >= 11 is 0. The van der Waals surface area contributed by atoms with E-state index in [0.717, 1.165) is 63.7 Å². The Kier molecular flexibility index (Phi) is 5.48. The molecule has 0 aliphatic carbocycles. The molecule has 6 heteroatoms. The second-order valence-electron chi connectivity index (χ2n) is 7.81. The lowest BCUT2D eigenvalue weighted by Crippen LogP contribution is -2.49. The van der Waals surface area contributed by atoms with Crippen LogP contribution in [0.3, 0.4) is 0 Å². The highest BCUT2D eigenvalue weighted by Gasteiger charge is 2.23. The molecule has 2 aromatic rings. The predicted molar refractivity (Wildman–Crippen MR) is 113 cm³/mol. The van der Waals surface area contributed by atoms with Crippen LogP contribution in [-0.2, 0) is 0 Å². The number of hydrogen-bond acceptors (Lipinski definition) is 5. The summed E-state index contributed by atoms with van der Waals surface area (Å²) in [7, 11) is 2.14. The van der Waals surface area contributed by atoms with Crippen LogP contribution < -0.4 is 9.80 Å². The van der Waals surface area contributed by atoms with E-state index in [0.29, 0.717) is 0 Å². The van der Waals surface area contributed by atoms with Crippen LogP contribution in [0.25, 0.3) is 0 Å². The van der Waals surface area contributed by atoms with Gasteiger partial charge in [-0.1, -0.05) is 12.1 Å². The van der Waals surface area contributed by atoms with E-state index < -0.39 is 0 Å². The summed E-state index contributed by atoms with van der Waals surface area (Å²) in [6.45, 7) is 9.31. The smallest absolute Gasteiger partial charge is 0.254 e. The van der Waals surface area contributed by atoms with Gasteiger partial charge in [-0.25, -0.2) is 4.98 Å². The van der Waals surface area contributed by atoms with Crippen LogP contribution in [0.2, 0.25) is 0 Å². The lowest BCUT2D eigenvalue weighted by molar-refractivity contribution is 0.0746. The number of aromatic nitrogens is 1. The molecule has 28 heavy (non-hydrogen) atoms. The first-order valence-electron chi connectivity index (χ1n) is 10.1. The van der Waals surface area contributed by atoms with Crippen LogP contribution in [0, 0.1) is 6.92 Å². The number of carbonyl (C=O) groups excluding carboxylic acids is 1. The number of carbonyl (C=O) groups is 1. The van der Waals surface area contributed by atoms with E-state index in [1.54, 1.807) is 6.20 Å². The van der Waals surface area contributed by atoms with E-state index in [1.165, 1.54) is 11.3 Å². The van der Waals surface area contributed by atoms with Crippen molar-refractivity contribution in [1.29, 1.82) is 0 Å². The molecule has 2 saturated heterocycles. The van der Waals surface area contributed by atoms with Crippen molar-refractivity contribution in [2.75, 3.05) is 69.2 Å². The van der Waals surface area contributed by atoms with E-state index in [9.17, 15) is 4.79 Å². The SMILES string of the molecule is Cc1cccc(N2CCN(C(=O)c3ccnc(N4CCN(C)CC4)c3)CC2)c1. The highest BCUT2D eigenvalue weighted by Crippen LogP contribution is 2.20. The van der Waals surface area contributed by atoms with Crippen molar-refractivity contribution < 1.29 is 4.79 Å². The standard InChI is InChI=1S/C22H29N5O/c1-18-4-3-5-20(16-18)25-12-14-27(15-13-25)22(28)19-6-7-23-21(17-19)26-10-8-24(2)9-11-26/h3-7,16-17H,8-15H2,1-2H3. The molecule has 0 N–H and O–H groups in total. The molecule has 0 bridgehead atoms. The first-order chi connectivity index (χ1) is 13.6. The number of aryl methyl sites for hydroxylation is 1. The fourth-order valence-electron chi connectivity index (χ4n) is 3.93. The van der Waals surface area contributed by atoms with Gasteiger partial charge in [0, 0.05) is 69.8 Å². The molecule has 148 valence electrons. The zero-order chi connectivity index (χ0) is 19.5. The molecule has 0 saturated carbocycles. The van der Waals surface area contributed by atoms with Crippen LogP contribution in [0.15, 0.2) is 42.6 Å². The second kappa shape index (κ2) is 8.19. The molecule has 0 radical (unpaired) electrons. The number of pyridine rings is 1. The first-order valence-corrected chi connectivity index (χ1v) is 10.1. The van der Waals surface area contributed by atoms with Crippen molar-refractivity contribution in [3.63, 3.8) is 0 Å². The Balaban J connectivity index is 1.39. The maximum atomic E-state index is 13.0. The number of amides is 1. The van der Waals surface area contributed by atoms with E-state index >= 15 is 0 Å². The van der Waals surface area contributed by atoms with Gasteiger partial charge in [-0.15, -0.1) is 0 Å². The number of likely N-dealkylation sites (N-methyl/N-ethyl adjacent to an activating group) is 1. The van der Waals surface area contributed by atoms with Gasteiger partial charge < -0.3 is 19.6 Å². The zero-order valence-electron chi connectivity index (χ0n) is 16.8. The van der Waals surface area contributed by atoms with Gasteiger partial charge in [0.25, 0.3) is 5.91 Å². The Morgan fingerprint density at radius 3 is 2.32 bits per heavy atom. The van der Waals surface area contributed by atoms with Crippen molar-refractivity contribution in [1.82, 2.24) is 14.8 Å². The molecule has 0 unspecified atom stereocenters. The molecule has 4 rings (SSSR count). The van der Waals surface area contributed by atoms with Crippen LogP contribution in [0.5, 0.6) is 0 Å². The average Bonchev–Trinajstić information content (AvgIpc) is 2.74. The molecule has 0 atom stereocenters. The summed E-state index contributed by atoms with van der Waals surface area (Å²) in [5.74, 6) is 1.03. The number of piperazine rings is 2. The number of nitrogens with zero attached hydrogens (tertiary/aromatic N) is 5. The molecule has 3 heterocycles. The summed E-state index contributed by atoms with van der Waals surface area (Å²) in [6.07, 6.45) is 1.77. The summed E-state index contributed by atoms with van der Waals surface area (Å²) in [5, 5.41) is 0. The third kappa shape index (κ3) is 4.12. The molecular formula is C22H29N5O. The van der Waals surface area contributed by atoms with Gasteiger partial charge in [0.2, 0.25) is 0 Å². The Hall–Kier alpha value is -2.60. The maximum Gasteiger partial charge on any atom is 0.254 e. The molecule has 1 amide bonds. The van der Waals surface area contributed by atoms with E-state index in [2.05, 4.69) is 57.9 Å². The Labute approximate surface area is 167 Å². The minimum absolute atomic E-state index is 0.113. The van der Waals surface area contributed by atoms with Crippen LogP contribution in [-0.4, -0.2) is 80.1 Å². The zero-order valence-corrected chi connectivity index (χ0v) is 16.8. The summed E-state index contributed by atoms with van der Waals surface area (Å²) in [6, 6.07) is 12.4. The third-order valence-electron chi connectivity index (χ3n) is 5.75. The van der Waals surface area contributed by atoms with Crippen molar-refractivity contribution in [2.45, 2.75) is 6.92 Å². The minimum Gasteiger partial charge on any atom is -0.368 e. The van der Waals surface area contributed by atoms with Gasteiger partial charge in [-0.05, 0) is 43.8 Å². The lowest BCUT2D eigenvalue weighted by Gasteiger charge is -2.36. The quantitative estimate of drug-likeness (QED) is 0.817. The number of anilines is 2. The van der Waals surface area contributed by atoms with Crippen LogP contribution >= 0.6 is 0 Å². The van der Waals surface area contributed by atoms with Gasteiger partial charge in [-0.2, -0.15) is 0 Å². The largest absolute Gasteiger partial charge is 0.368 e. The third-order valence-corrected chi connectivity index (χ3v) is 5.75. The van der Waals surface area contributed by atoms with Gasteiger partial charge in [0.15, 0.2) is 0 Å². The van der Waals surface area contributed by atoms with E-state index in [4.69, 9.17) is 0 Å². The molecule has 6 nitrogen and oxygen atoms in total. The van der Waals surface area contributed by atoms with Crippen molar-refractivity contribution in [3.8, 4) is 0 Å². The van der Waals surface area contributed by atoms with E-state index in [1.807, 2.05) is 17.0 Å². The molecule has 1 aromatic carbocycles. The first kappa shape index (κ1) is 18.7. The average molecular weight is 380 g/mol. The fourth-order valence-corrected chi connectivity index (χ4v) is 3.93. The molecule has 1 aromatic heterocycles. The van der Waals surface area contributed by atoms with Crippen molar-refractivity contribution in [3.05, 3.63) is 53.7 Å². The predicted octanol–water partition coefficient (Wildman–Crippen LogP) is 2.10. The van der Waals surface area contributed by atoms with Gasteiger partial charge in [-0.3, -0.25) is 4.79 Å². The van der Waals surface area contributed by atoms with E-state index in [-0.39, 0.29) is 5.91 Å². The molecule has 2 aliphatic rings. The Morgan fingerprint density at radius 1 is 0.893 bits per heavy atom. The Morgan fingerprint density at radius 2 is 1.61 bits per heavy atom. The van der Waals surface area contributed by atoms with Crippen molar-refractivity contribution in [2.24, 2.45) is 0 Å². The highest BCUT2D eigenvalue weighted by atomic mass is 16.2. The minimum atomic E-state index is 0.113. The van der Waals surface area contributed by atoms with Crippen LogP contribution in [0.1, 0.15) is 15.9 Å². The number of rotatable bonds is 3. The van der Waals surface area contributed by atoms with Gasteiger partial charge in [0.1, 0.15) is 5.82 Å². The lowest BCUT2D eigenvalue weighted by atomic mass is 10.1. The van der Waals surface area contributed by atoms with Crippen LogP contribution in [0.4, 0.5) is 11.5 Å². The number of hydrogen-bond donors (Lipinski definition) is 0. The molecule has 0 spiro atoms. The summed E-state index contributed by atoms with van der Waals surface area (Å²) < 4.78 is 0. The van der Waals surface area contributed by atoms with Gasteiger partial charge in [0.05, 0.1) is 0 Å². The fraction of sp³-hybridized carbons (Fsp3) is 0.455.